The van der Waals surface area contributed by atoms with Crippen LogP contribution in [0.3, 0.4) is 0 Å². The zero-order valence-corrected chi connectivity index (χ0v) is 18.1. The lowest BCUT2D eigenvalue weighted by molar-refractivity contribution is 0.337. The monoisotopic (exact) mass is 454 g/mol. The average molecular weight is 454 g/mol. The first-order valence-electron chi connectivity index (χ1n) is 10.3. The van der Waals surface area contributed by atoms with Crippen LogP contribution in [0.25, 0.3) is 22.2 Å². The molecule has 164 valence electrons. The van der Waals surface area contributed by atoms with Crippen LogP contribution < -0.4 is 0 Å². The number of hydrogen-bond acceptors (Lipinski definition) is 4. The molecule has 0 aliphatic carbocycles. The minimum Gasteiger partial charge on any atom is -0.439 e. The summed E-state index contributed by atoms with van der Waals surface area (Å²) in [7, 11) is -3.70. The maximum Gasteiger partial charge on any atom is 0.243 e. The number of rotatable bonds is 4. The SMILES string of the molecule is Cc1ccc(S(=O)(=O)N2CCCC2c2nc3cc(-c4ccc(F)cc4F)ccc3o2)cc1. The quantitative estimate of drug-likeness (QED) is 0.402. The summed E-state index contributed by atoms with van der Waals surface area (Å²) in [5, 5.41) is 0. The van der Waals surface area contributed by atoms with Gasteiger partial charge in [-0.3, -0.25) is 0 Å². The molecule has 0 bridgehead atoms. The van der Waals surface area contributed by atoms with Gasteiger partial charge in [-0.25, -0.2) is 22.2 Å². The number of fused-ring (bicyclic) bond motifs is 1. The Morgan fingerprint density at radius 2 is 1.81 bits per heavy atom. The summed E-state index contributed by atoms with van der Waals surface area (Å²) in [5.41, 5.74) is 2.73. The van der Waals surface area contributed by atoms with Gasteiger partial charge in [-0.05, 0) is 61.7 Å². The number of hydrogen-bond donors (Lipinski definition) is 0. The molecule has 32 heavy (non-hydrogen) atoms. The first kappa shape index (κ1) is 20.8. The Kier molecular flexibility index (Phi) is 5.06. The number of aromatic nitrogens is 1. The Labute approximate surface area is 184 Å². The molecule has 1 atom stereocenters. The van der Waals surface area contributed by atoms with Crippen LogP contribution in [0.1, 0.15) is 30.3 Å². The molecule has 0 saturated carbocycles. The Morgan fingerprint density at radius 1 is 1.03 bits per heavy atom. The summed E-state index contributed by atoms with van der Waals surface area (Å²) in [6, 6.07) is 14.6. The van der Waals surface area contributed by atoms with Crippen molar-refractivity contribution in [2.45, 2.75) is 30.7 Å². The molecule has 0 radical (unpaired) electrons. The van der Waals surface area contributed by atoms with Crippen molar-refractivity contribution < 1.29 is 21.6 Å². The molecule has 5 nitrogen and oxygen atoms in total. The smallest absolute Gasteiger partial charge is 0.243 e. The topological polar surface area (TPSA) is 63.4 Å². The third kappa shape index (κ3) is 3.59. The first-order chi connectivity index (χ1) is 15.3. The van der Waals surface area contributed by atoms with Gasteiger partial charge < -0.3 is 4.42 Å². The number of halogens is 2. The van der Waals surface area contributed by atoms with Crippen LogP contribution in [-0.2, 0) is 10.0 Å². The molecule has 0 spiro atoms. The molecule has 3 aromatic carbocycles. The van der Waals surface area contributed by atoms with E-state index in [9.17, 15) is 17.2 Å². The second kappa shape index (κ2) is 7.79. The molecule has 0 amide bonds. The van der Waals surface area contributed by atoms with Gasteiger partial charge in [0, 0.05) is 18.2 Å². The van der Waals surface area contributed by atoms with Crippen molar-refractivity contribution in [1.82, 2.24) is 9.29 Å². The number of nitrogens with zero attached hydrogens (tertiary/aromatic N) is 2. The maximum atomic E-state index is 14.2. The lowest BCUT2D eigenvalue weighted by Crippen LogP contribution is -2.30. The highest BCUT2D eigenvalue weighted by molar-refractivity contribution is 7.89. The van der Waals surface area contributed by atoms with E-state index in [1.807, 2.05) is 6.92 Å². The van der Waals surface area contributed by atoms with Crippen LogP contribution in [0.4, 0.5) is 8.78 Å². The van der Waals surface area contributed by atoms with Crippen LogP contribution in [0.5, 0.6) is 0 Å². The van der Waals surface area contributed by atoms with Crippen molar-refractivity contribution in [1.29, 1.82) is 0 Å². The molecular formula is C24H20F2N2O3S. The van der Waals surface area contributed by atoms with E-state index < -0.39 is 27.7 Å². The van der Waals surface area contributed by atoms with Crippen molar-refractivity contribution >= 4 is 21.1 Å². The number of benzene rings is 3. The van der Waals surface area contributed by atoms with Gasteiger partial charge in [0.15, 0.2) is 5.58 Å². The van der Waals surface area contributed by atoms with Crippen molar-refractivity contribution in [3.05, 3.63) is 83.8 Å². The molecule has 0 N–H and O–H groups in total. The summed E-state index contributed by atoms with van der Waals surface area (Å²) in [5.74, 6) is -1.00. The van der Waals surface area contributed by atoms with Gasteiger partial charge in [-0.15, -0.1) is 0 Å². The van der Waals surface area contributed by atoms with E-state index in [1.165, 1.54) is 16.4 Å². The van der Waals surface area contributed by atoms with Crippen molar-refractivity contribution in [3.8, 4) is 11.1 Å². The Bertz CT molecular complexity index is 1420. The molecule has 1 fully saturated rings. The second-order valence-corrected chi connectivity index (χ2v) is 9.84. The van der Waals surface area contributed by atoms with Gasteiger partial charge in [-0.2, -0.15) is 4.31 Å². The fourth-order valence-electron chi connectivity index (χ4n) is 4.10. The molecule has 8 heteroatoms. The maximum absolute atomic E-state index is 14.2. The Hall–Kier alpha value is -3.10. The summed E-state index contributed by atoms with van der Waals surface area (Å²) in [6.07, 6.45) is 1.29. The fourth-order valence-corrected chi connectivity index (χ4v) is 5.75. The van der Waals surface area contributed by atoms with E-state index in [4.69, 9.17) is 4.42 Å². The zero-order chi connectivity index (χ0) is 22.5. The Morgan fingerprint density at radius 3 is 2.56 bits per heavy atom. The largest absolute Gasteiger partial charge is 0.439 e. The van der Waals surface area contributed by atoms with E-state index in [0.717, 1.165) is 11.6 Å². The van der Waals surface area contributed by atoms with E-state index in [0.29, 0.717) is 41.9 Å². The van der Waals surface area contributed by atoms with Gasteiger partial charge in [0.1, 0.15) is 23.2 Å². The average Bonchev–Trinajstić information content (AvgIpc) is 3.41. The molecule has 1 saturated heterocycles. The number of oxazole rings is 1. The minimum atomic E-state index is -3.70. The van der Waals surface area contributed by atoms with Crippen LogP contribution in [0.2, 0.25) is 0 Å². The highest BCUT2D eigenvalue weighted by Gasteiger charge is 2.39. The van der Waals surface area contributed by atoms with E-state index in [1.54, 1.807) is 42.5 Å². The van der Waals surface area contributed by atoms with E-state index in [2.05, 4.69) is 4.98 Å². The zero-order valence-electron chi connectivity index (χ0n) is 17.3. The highest BCUT2D eigenvalue weighted by atomic mass is 32.2. The van der Waals surface area contributed by atoms with E-state index in [-0.39, 0.29) is 10.5 Å². The highest BCUT2D eigenvalue weighted by Crippen LogP contribution is 2.38. The number of aryl methyl sites for hydroxylation is 1. The van der Waals surface area contributed by atoms with Gasteiger partial charge in [-0.1, -0.05) is 23.8 Å². The molecule has 1 aliphatic heterocycles. The van der Waals surface area contributed by atoms with Crippen LogP contribution in [0.15, 0.2) is 70.0 Å². The molecule has 1 aromatic heterocycles. The lowest BCUT2D eigenvalue weighted by Gasteiger charge is -2.21. The molecule has 1 unspecified atom stereocenters. The molecule has 1 aliphatic rings. The van der Waals surface area contributed by atoms with Crippen molar-refractivity contribution in [3.63, 3.8) is 0 Å². The predicted molar refractivity (Wildman–Crippen MR) is 116 cm³/mol. The molecule has 5 rings (SSSR count). The van der Waals surface area contributed by atoms with Gasteiger partial charge in [0.2, 0.25) is 15.9 Å². The van der Waals surface area contributed by atoms with E-state index >= 15 is 0 Å². The normalized spacial score (nSPS) is 17.3. The lowest BCUT2D eigenvalue weighted by atomic mass is 10.0. The third-order valence-corrected chi connectivity index (χ3v) is 7.68. The summed E-state index contributed by atoms with van der Waals surface area (Å²) < 4.78 is 61.2. The standard InChI is InChI=1S/C24H20F2N2O3S/c1-15-4-8-18(9-5-15)32(29,30)28-12-2-3-22(28)24-27-21-13-16(6-11-23(21)31-24)19-10-7-17(25)14-20(19)26/h4-11,13-14,22H,2-3,12H2,1H3. The van der Waals surface area contributed by atoms with Crippen molar-refractivity contribution in [2.75, 3.05) is 6.54 Å². The van der Waals surface area contributed by atoms with Crippen LogP contribution in [0, 0.1) is 18.6 Å². The van der Waals surface area contributed by atoms with Gasteiger partial charge >= 0.3 is 0 Å². The Balaban J connectivity index is 1.50. The minimum absolute atomic E-state index is 0.236. The summed E-state index contributed by atoms with van der Waals surface area (Å²) in [4.78, 5) is 4.77. The second-order valence-electron chi connectivity index (χ2n) is 7.95. The first-order valence-corrected chi connectivity index (χ1v) is 11.7. The van der Waals surface area contributed by atoms with Crippen LogP contribution in [-0.4, -0.2) is 24.3 Å². The van der Waals surface area contributed by atoms with Crippen molar-refractivity contribution in [2.24, 2.45) is 0 Å². The summed E-state index contributed by atoms with van der Waals surface area (Å²) >= 11 is 0. The fraction of sp³-hybridized carbons (Fsp3) is 0.208. The molecule has 2 heterocycles. The molecular weight excluding hydrogens is 434 g/mol. The number of sulfonamides is 1. The molecule has 4 aromatic rings. The third-order valence-electron chi connectivity index (χ3n) is 5.76. The van der Waals surface area contributed by atoms with Gasteiger partial charge in [0.05, 0.1) is 4.90 Å². The van der Waals surface area contributed by atoms with Crippen LogP contribution >= 0.6 is 0 Å². The predicted octanol–water partition coefficient (Wildman–Crippen LogP) is 5.61. The summed E-state index contributed by atoms with van der Waals surface area (Å²) in [6.45, 7) is 2.28. The van der Waals surface area contributed by atoms with Gasteiger partial charge in [0.25, 0.3) is 0 Å².